The van der Waals surface area contributed by atoms with Gasteiger partial charge in [-0.15, -0.1) is 0 Å². The van der Waals surface area contributed by atoms with E-state index in [4.69, 9.17) is 4.74 Å². The van der Waals surface area contributed by atoms with E-state index in [1.165, 1.54) is 12.7 Å². The Hall–Kier alpha value is -4.13. The van der Waals surface area contributed by atoms with E-state index < -0.39 is 53.8 Å². The number of nitrogens with zero attached hydrogens (tertiary/aromatic N) is 2. The summed E-state index contributed by atoms with van der Waals surface area (Å²) in [6.07, 6.45) is 7.46. The lowest BCUT2D eigenvalue weighted by molar-refractivity contribution is -0.131. The highest BCUT2D eigenvalue weighted by Crippen LogP contribution is 2.29. The number of H-pyrrole nitrogens is 1. The van der Waals surface area contributed by atoms with Gasteiger partial charge in [0.15, 0.2) is 0 Å². The standard InChI is InChI=1S/C34H51N7O6/c1-5-41-20-28(39-32(41)45)29(42)25(16-22-12-8-6-9-13-22)37-31(44)27(18-24-19-35-21-36-24)38-30(43)26(17-23-14-10-7-11-15-23)40-33(46)47-34(2,3)4/h7,10-11,14-15,19,21-22,25-29,42H,5-6,8-9,12-13,16-18,20H2,1-4H3,(H,35,36)(H,37,44)(H,38,43)(H,39,45)(H,40,46)/t25-,26-,27-,28-,29+/m0/s1. The van der Waals surface area contributed by atoms with Crippen molar-refractivity contribution < 1.29 is 29.0 Å². The molecule has 1 saturated heterocycles. The van der Waals surface area contributed by atoms with Crippen LogP contribution in [0.4, 0.5) is 9.59 Å². The van der Waals surface area contributed by atoms with Gasteiger partial charge in [0.25, 0.3) is 0 Å². The summed E-state index contributed by atoms with van der Waals surface area (Å²) in [6, 6.07) is 5.70. The predicted molar refractivity (Wildman–Crippen MR) is 176 cm³/mol. The first-order valence-electron chi connectivity index (χ1n) is 16.8. The molecule has 13 nitrogen and oxygen atoms in total. The minimum Gasteiger partial charge on any atom is -0.444 e. The van der Waals surface area contributed by atoms with E-state index in [9.17, 15) is 24.3 Å². The van der Waals surface area contributed by atoms with E-state index in [2.05, 4.69) is 31.2 Å². The number of rotatable bonds is 14. The van der Waals surface area contributed by atoms with Crippen molar-refractivity contribution in [3.05, 3.63) is 54.1 Å². The van der Waals surface area contributed by atoms with Gasteiger partial charge < -0.3 is 41.0 Å². The van der Waals surface area contributed by atoms with Crippen molar-refractivity contribution >= 4 is 23.9 Å². The van der Waals surface area contributed by atoms with Crippen LogP contribution in [-0.2, 0) is 27.2 Å². The molecule has 1 aliphatic heterocycles. The Morgan fingerprint density at radius 3 is 2.32 bits per heavy atom. The van der Waals surface area contributed by atoms with Crippen LogP contribution < -0.4 is 21.3 Å². The van der Waals surface area contributed by atoms with Gasteiger partial charge in [0.2, 0.25) is 11.8 Å². The molecule has 1 aliphatic carbocycles. The average Bonchev–Trinajstić information content (AvgIpc) is 3.69. The zero-order chi connectivity index (χ0) is 34.0. The summed E-state index contributed by atoms with van der Waals surface area (Å²) >= 11 is 0. The van der Waals surface area contributed by atoms with Crippen molar-refractivity contribution in [3.8, 4) is 0 Å². The van der Waals surface area contributed by atoms with Crippen LogP contribution in [0.15, 0.2) is 42.9 Å². The molecule has 0 unspecified atom stereocenters. The van der Waals surface area contributed by atoms with Gasteiger partial charge in [0.1, 0.15) is 17.7 Å². The first-order valence-corrected chi connectivity index (χ1v) is 16.8. The number of amides is 5. The van der Waals surface area contributed by atoms with Gasteiger partial charge in [-0.25, -0.2) is 14.6 Å². The molecule has 1 saturated carbocycles. The van der Waals surface area contributed by atoms with Crippen molar-refractivity contribution in [3.63, 3.8) is 0 Å². The lowest BCUT2D eigenvalue weighted by Gasteiger charge is -2.33. The second-order valence-electron chi connectivity index (χ2n) is 13.7. The minimum atomic E-state index is -1.06. The molecule has 1 aromatic heterocycles. The van der Waals surface area contributed by atoms with Crippen molar-refractivity contribution in [2.75, 3.05) is 13.1 Å². The van der Waals surface area contributed by atoms with Gasteiger partial charge in [-0.2, -0.15) is 0 Å². The fourth-order valence-electron chi connectivity index (χ4n) is 6.32. The highest BCUT2D eigenvalue weighted by molar-refractivity contribution is 5.91. The number of aliphatic hydroxyl groups excluding tert-OH is 1. The molecule has 5 amide bonds. The number of nitrogens with one attached hydrogen (secondary N) is 5. The van der Waals surface area contributed by atoms with Crippen LogP contribution in [0.2, 0.25) is 0 Å². The van der Waals surface area contributed by atoms with Crippen molar-refractivity contribution in [1.29, 1.82) is 0 Å². The number of hydrogen-bond donors (Lipinski definition) is 6. The Morgan fingerprint density at radius 1 is 1.02 bits per heavy atom. The quantitative estimate of drug-likeness (QED) is 0.182. The van der Waals surface area contributed by atoms with Crippen LogP contribution in [0.5, 0.6) is 0 Å². The third-order valence-electron chi connectivity index (χ3n) is 8.76. The van der Waals surface area contributed by atoms with Gasteiger partial charge in [0, 0.05) is 37.8 Å². The van der Waals surface area contributed by atoms with Crippen LogP contribution in [0.3, 0.4) is 0 Å². The first kappa shape index (κ1) is 35.7. The summed E-state index contributed by atoms with van der Waals surface area (Å²) < 4.78 is 5.43. The number of aliphatic hydroxyl groups is 1. The second-order valence-corrected chi connectivity index (χ2v) is 13.7. The van der Waals surface area contributed by atoms with E-state index in [0.717, 1.165) is 31.2 Å². The van der Waals surface area contributed by atoms with Crippen LogP contribution in [-0.4, -0.2) is 92.9 Å². The van der Waals surface area contributed by atoms with Gasteiger partial charge in [0.05, 0.1) is 24.5 Å². The summed E-state index contributed by atoms with van der Waals surface area (Å²) in [5, 5.41) is 23.0. The Morgan fingerprint density at radius 2 is 1.70 bits per heavy atom. The lowest BCUT2D eigenvalue weighted by Crippen LogP contribution is -2.59. The fourth-order valence-corrected chi connectivity index (χ4v) is 6.32. The molecule has 13 heteroatoms. The van der Waals surface area contributed by atoms with Crippen LogP contribution in [0.25, 0.3) is 0 Å². The molecule has 2 aliphatic rings. The van der Waals surface area contributed by atoms with Crippen molar-refractivity contribution in [1.82, 2.24) is 36.1 Å². The molecular formula is C34H51N7O6. The molecule has 4 rings (SSSR count). The Balaban J connectivity index is 1.55. The van der Waals surface area contributed by atoms with Gasteiger partial charge >= 0.3 is 12.1 Å². The summed E-state index contributed by atoms with van der Waals surface area (Å²) in [6.45, 7) is 7.92. The zero-order valence-electron chi connectivity index (χ0n) is 28.0. The zero-order valence-corrected chi connectivity index (χ0v) is 28.0. The number of alkyl carbamates (subject to hydrolysis) is 1. The molecule has 47 heavy (non-hydrogen) atoms. The van der Waals surface area contributed by atoms with Crippen LogP contribution >= 0.6 is 0 Å². The highest BCUT2D eigenvalue weighted by Gasteiger charge is 2.39. The molecule has 0 radical (unpaired) electrons. The number of carbonyl (C=O) groups excluding carboxylic acids is 4. The molecule has 2 aromatic rings. The lowest BCUT2D eigenvalue weighted by atomic mass is 9.82. The van der Waals surface area contributed by atoms with Gasteiger partial charge in [-0.3, -0.25) is 9.59 Å². The molecule has 0 bridgehead atoms. The maximum Gasteiger partial charge on any atom is 0.408 e. The summed E-state index contributed by atoms with van der Waals surface area (Å²) in [5.74, 6) is -0.734. The predicted octanol–water partition coefficient (Wildman–Crippen LogP) is 2.80. The summed E-state index contributed by atoms with van der Waals surface area (Å²) in [7, 11) is 0. The highest BCUT2D eigenvalue weighted by atomic mass is 16.6. The Bertz CT molecular complexity index is 1310. The van der Waals surface area contributed by atoms with E-state index in [1.807, 2.05) is 37.3 Å². The summed E-state index contributed by atoms with van der Waals surface area (Å²) in [5.41, 5.74) is 0.659. The number of aromatic nitrogens is 2. The number of benzene rings is 1. The Kier molecular flexibility index (Phi) is 12.6. The second kappa shape index (κ2) is 16.6. The molecule has 6 N–H and O–H groups in total. The fraction of sp³-hybridized carbons (Fsp3) is 0.618. The largest absolute Gasteiger partial charge is 0.444 e. The number of imidazole rings is 1. The number of urea groups is 1. The van der Waals surface area contributed by atoms with E-state index in [0.29, 0.717) is 31.1 Å². The average molecular weight is 654 g/mol. The molecule has 5 atom stereocenters. The maximum absolute atomic E-state index is 14.1. The molecule has 2 fully saturated rings. The molecule has 0 spiro atoms. The van der Waals surface area contributed by atoms with Gasteiger partial charge in [-0.05, 0) is 45.6 Å². The SMILES string of the molecule is CCN1C[C@@H]([C@H](O)[C@H](CC2CCCCC2)NC(=O)[C@H](Cc2cnc[nH]2)NC(=O)[C@H](Cc2ccccc2)NC(=O)OC(C)(C)C)NC1=O. The molecular weight excluding hydrogens is 602 g/mol. The Labute approximate surface area is 277 Å². The third kappa shape index (κ3) is 11.0. The topological polar surface area (TPSA) is 178 Å². The number of likely N-dealkylation sites (N-methyl/N-ethyl adjacent to an activating group) is 1. The van der Waals surface area contributed by atoms with Crippen molar-refractivity contribution in [2.24, 2.45) is 5.92 Å². The third-order valence-corrected chi connectivity index (χ3v) is 8.76. The number of ether oxygens (including phenoxy) is 1. The molecule has 2 heterocycles. The molecule has 258 valence electrons. The van der Waals surface area contributed by atoms with E-state index in [1.54, 1.807) is 31.9 Å². The number of hydrogen-bond acceptors (Lipinski definition) is 7. The maximum atomic E-state index is 14.1. The normalized spacial score (nSPS) is 19.6. The van der Waals surface area contributed by atoms with Crippen molar-refractivity contribution in [2.45, 2.75) is 115 Å². The van der Waals surface area contributed by atoms with Crippen LogP contribution in [0.1, 0.15) is 77.5 Å². The molecule has 1 aromatic carbocycles. The van der Waals surface area contributed by atoms with Crippen LogP contribution in [0, 0.1) is 5.92 Å². The first-order chi connectivity index (χ1) is 22.4. The monoisotopic (exact) mass is 653 g/mol. The van der Waals surface area contributed by atoms with E-state index in [-0.39, 0.29) is 18.9 Å². The minimum absolute atomic E-state index is 0.0953. The smallest absolute Gasteiger partial charge is 0.408 e. The number of carbonyl (C=O) groups is 4. The summed E-state index contributed by atoms with van der Waals surface area (Å²) in [4.78, 5) is 61.8. The van der Waals surface area contributed by atoms with Gasteiger partial charge in [-0.1, -0.05) is 62.4 Å². The number of aromatic amines is 1. The van der Waals surface area contributed by atoms with E-state index >= 15 is 0 Å².